The molecule has 3 rings (SSSR count). The third-order valence-electron chi connectivity index (χ3n) is 6.62. The van der Waals surface area contributed by atoms with Crippen molar-refractivity contribution in [1.82, 2.24) is 4.90 Å². The molecule has 3 heteroatoms. The summed E-state index contributed by atoms with van der Waals surface area (Å²) in [6.45, 7) is 8.63. The standard InChI is InChI=1S/C29H38BrNO/c1-4-6-8-12-18-31(19-13-9-7-5-2)22(3)29(32)24-17-16-23-21-28(30)26-15-11-10-14-25(26)27(23)20-24/h10-11,14-17,20-22H,4-9,12-13,18-19H2,1-3H3/t22-/m0/s1. The van der Waals surface area contributed by atoms with E-state index in [1.807, 2.05) is 6.07 Å². The van der Waals surface area contributed by atoms with E-state index in [2.05, 4.69) is 84.1 Å². The van der Waals surface area contributed by atoms with Crippen LogP contribution < -0.4 is 0 Å². The molecular formula is C29H38BrNO. The molecule has 0 spiro atoms. The molecule has 172 valence electrons. The molecule has 0 radical (unpaired) electrons. The number of hydrogen-bond acceptors (Lipinski definition) is 2. The summed E-state index contributed by atoms with van der Waals surface area (Å²) >= 11 is 3.70. The first-order valence-electron chi connectivity index (χ1n) is 12.5. The highest BCUT2D eigenvalue weighted by molar-refractivity contribution is 9.10. The largest absolute Gasteiger partial charge is 0.294 e. The number of fused-ring (bicyclic) bond motifs is 3. The molecule has 0 saturated heterocycles. The van der Waals surface area contributed by atoms with Crippen molar-refractivity contribution in [2.24, 2.45) is 0 Å². The van der Waals surface area contributed by atoms with Gasteiger partial charge in [0.1, 0.15) is 0 Å². The van der Waals surface area contributed by atoms with E-state index in [0.29, 0.717) is 0 Å². The fourth-order valence-electron chi connectivity index (χ4n) is 4.60. The van der Waals surface area contributed by atoms with Gasteiger partial charge < -0.3 is 0 Å². The lowest BCUT2D eigenvalue weighted by Gasteiger charge is -2.28. The number of halogens is 1. The first-order chi connectivity index (χ1) is 15.6. The van der Waals surface area contributed by atoms with Crippen LogP contribution in [0.5, 0.6) is 0 Å². The molecule has 0 amide bonds. The van der Waals surface area contributed by atoms with Gasteiger partial charge in [0.05, 0.1) is 6.04 Å². The smallest absolute Gasteiger partial charge is 0.179 e. The molecule has 0 aromatic heterocycles. The van der Waals surface area contributed by atoms with Crippen LogP contribution in [0.4, 0.5) is 0 Å². The maximum Gasteiger partial charge on any atom is 0.179 e. The van der Waals surface area contributed by atoms with Gasteiger partial charge in [0.15, 0.2) is 5.78 Å². The van der Waals surface area contributed by atoms with E-state index < -0.39 is 0 Å². The Bertz CT molecular complexity index is 1020. The average Bonchev–Trinajstić information content (AvgIpc) is 2.82. The van der Waals surface area contributed by atoms with Crippen LogP contribution in [0.1, 0.15) is 82.5 Å². The summed E-state index contributed by atoms with van der Waals surface area (Å²) in [4.78, 5) is 16.0. The maximum atomic E-state index is 13.6. The highest BCUT2D eigenvalue weighted by Gasteiger charge is 2.22. The van der Waals surface area contributed by atoms with Crippen molar-refractivity contribution in [3.63, 3.8) is 0 Å². The minimum atomic E-state index is -0.0857. The van der Waals surface area contributed by atoms with Crippen LogP contribution in [0.15, 0.2) is 53.0 Å². The summed E-state index contributed by atoms with van der Waals surface area (Å²) in [6, 6.07) is 16.7. The van der Waals surface area contributed by atoms with Gasteiger partial charge in [-0.25, -0.2) is 0 Å². The zero-order valence-electron chi connectivity index (χ0n) is 20.0. The fourth-order valence-corrected chi connectivity index (χ4v) is 5.19. The molecule has 0 aliphatic rings. The molecule has 0 aliphatic carbocycles. The van der Waals surface area contributed by atoms with Crippen molar-refractivity contribution in [3.05, 3.63) is 58.6 Å². The third kappa shape index (κ3) is 6.20. The van der Waals surface area contributed by atoms with E-state index in [9.17, 15) is 4.79 Å². The minimum absolute atomic E-state index is 0.0857. The SMILES string of the molecule is CCCCCCN(CCCCCC)[C@@H](C)C(=O)c1ccc2cc(Br)c3ccccc3c2c1. The Morgan fingerprint density at radius 2 is 1.44 bits per heavy atom. The number of unbranched alkanes of at least 4 members (excludes halogenated alkanes) is 6. The molecule has 0 fully saturated rings. The monoisotopic (exact) mass is 495 g/mol. The molecule has 2 nitrogen and oxygen atoms in total. The Balaban J connectivity index is 1.83. The van der Waals surface area contributed by atoms with Crippen LogP contribution >= 0.6 is 15.9 Å². The van der Waals surface area contributed by atoms with Crippen LogP contribution in [-0.2, 0) is 0 Å². The van der Waals surface area contributed by atoms with Gasteiger partial charge in [0.25, 0.3) is 0 Å². The van der Waals surface area contributed by atoms with E-state index in [0.717, 1.165) is 33.9 Å². The Hall–Kier alpha value is -1.71. The summed E-state index contributed by atoms with van der Waals surface area (Å²) in [5.74, 6) is 0.241. The second-order valence-electron chi connectivity index (χ2n) is 9.04. The van der Waals surface area contributed by atoms with Crippen LogP contribution in [0.3, 0.4) is 0 Å². The molecular weight excluding hydrogens is 458 g/mol. The van der Waals surface area contributed by atoms with Gasteiger partial charge in [-0.1, -0.05) is 105 Å². The van der Waals surface area contributed by atoms with Crippen molar-refractivity contribution < 1.29 is 4.79 Å². The topological polar surface area (TPSA) is 20.3 Å². The Labute approximate surface area is 202 Å². The second kappa shape index (κ2) is 12.5. The van der Waals surface area contributed by atoms with E-state index in [-0.39, 0.29) is 11.8 Å². The van der Waals surface area contributed by atoms with Gasteiger partial charge in [-0.2, -0.15) is 0 Å². The molecule has 1 atom stereocenters. The predicted octanol–water partition coefficient (Wildman–Crippen LogP) is 8.79. The van der Waals surface area contributed by atoms with Crippen LogP contribution in [-0.4, -0.2) is 29.8 Å². The first-order valence-corrected chi connectivity index (χ1v) is 13.2. The maximum absolute atomic E-state index is 13.6. The molecule has 3 aromatic rings. The normalized spacial score (nSPS) is 12.7. The van der Waals surface area contributed by atoms with Crippen LogP contribution in [0.2, 0.25) is 0 Å². The van der Waals surface area contributed by atoms with Gasteiger partial charge in [0, 0.05) is 10.0 Å². The average molecular weight is 497 g/mol. The third-order valence-corrected chi connectivity index (χ3v) is 7.28. The Kier molecular flexibility index (Phi) is 9.74. The number of ketones is 1. The lowest BCUT2D eigenvalue weighted by molar-refractivity contribution is 0.0832. The van der Waals surface area contributed by atoms with Crippen molar-refractivity contribution in [1.29, 1.82) is 0 Å². The van der Waals surface area contributed by atoms with Crippen LogP contribution in [0.25, 0.3) is 21.5 Å². The number of nitrogens with zero attached hydrogens (tertiary/aromatic N) is 1. The van der Waals surface area contributed by atoms with Gasteiger partial charge in [-0.05, 0) is 66.5 Å². The molecule has 0 aliphatic heterocycles. The number of hydrogen-bond donors (Lipinski definition) is 0. The highest BCUT2D eigenvalue weighted by atomic mass is 79.9. The molecule has 0 saturated carbocycles. The lowest BCUT2D eigenvalue weighted by atomic mass is 9.96. The molecule has 32 heavy (non-hydrogen) atoms. The van der Waals surface area contributed by atoms with Crippen molar-refractivity contribution >= 4 is 43.3 Å². The number of rotatable bonds is 13. The summed E-state index contributed by atoms with van der Waals surface area (Å²) in [7, 11) is 0. The van der Waals surface area contributed by atoms with E-state index >= 15 is 0 Å². The summed E-state index contributed by atoms with van der Waals surface area (Å²) in [5.41, 5.74) is 0.824. The predicted molar refractivity (Wildman–Crippen MR) is 143 cm³/mol. The van der Waals surface area contributed by atoms with Gasteiger partial charge >= 0.3 is 0 Å². The van der Waals surface area contributed by atoms with Gasteiger partial charge in [0.2, 0.25) is 0 Å². The summed E-state index contributed by atoms with van der Waals surface area (Å²) < 4.78 is 1.10. The van der Waals surface area contributed by atoms with Crippen LogP contribution in [0, 0.1) is 0 Å². The number of Topliss-reactive ketones (excluding diaryl/α,β-unsaturated/α-hetero) is 1. The second-order valence-corrected chi connectivity index (χ2v) is 9.89. The zero-order chi connectivity index (χ0) is 22.9. The fraction of sp³-hybridized carbons (Fsp3) is 0.483. The lowest BCUT2D eigenvalue weighted by Crippen LogP contribution is -2.40. The molecule has 0 bridgehead atoms. The quantitative estimate of drug-likeness (QED) is 0.134. The van der Waals surface area contributed by atoms with Crippen molar-refractivity contribution in [3.8, 4) is 0 Å². The molecule has 3 aromatic carbocycles. The molecule has 0 heterocycles. The Morgan fingerprint density at radius 3 is 2.06 bits per heavy atom. The summed E-state index contributed by atoms with van der Waals surface area (Å²) in [5, 5.41) is 4.69. The van der Waals surface area contributed by atoms with Gasteiger partial charge in [-0.3, -0.25) is 9.69 Å². The highest BCUT2D eigenvalue weighted by Crippen LogP contribution is 2.32. The van der Waals surface area contributed by atoms with E-state index in [1.165, 1.54) is 62.1 Å². The van der Waals surface area contributed by atoms with Crippen molar-refractivity contribution in [2.45, 2.75) is 78.2 Å². The number of carbonyl (C=O) groups excluding carboxylic acids is 1. The van der Waals surface area contributed by atoms with Crippen molar-refractivity contribution in [2.75, 3.05) is 13.1 Å². The zero-order valence-corrected chi connectivity index (χ0v) is 21.6. The van der Waals surface area contributed by atoms with E-state index in [1.54, 1.807) is 0 Å². The molecule has 0 N–H and O–H groups in total. The number of benzene rings is 3. The van der Waals surface area contributed by atoms with Gasteiger partial charge in [-0.15, -0.1) is 0 Å². The summed E-state index contributed by atoms with van der Waals surface area (Å²) in [6.07, 6.45) is 9.89. The molecule has 0 unspecified atom stereocenters. The first kappa shape index (κ1) is 24.9. The number of carbonyl (C=O) groups is 1. The Morgan fingerprint density at radius 1 is 0.812 bits per heavy atom. The minimum Gasteiger partial charge on any atom is -0.294 e. The van der Waals surface area contributed by atoms with E-state index in [4.69, 9.17) is 0 Å².